The van der Waals surface area contributed by atoms with E-state index < -0.39 is 4.92 Å². The van der Waals surface area contributed by atoms with Gasteiger partial charge in [0.15, 0.2) is 5.78 Å². The van der Waals surface area contributed by atoms with E-state index in [9.17, 15) is 19.7 Å². The highest BCUT2D eigenvalue weighted by Crippen LogP contribution is 2.46. The Bertz CT molecular complexity index is 1030. The van der Waals surface area contributed by atoms with E-state index >= 15 is 0 Å². The van der Waals surface area contributed by atoms with Crippen LogP contribution in [-0.2, 0) is 9.59 Å². The molecule has 0 saturated heterocycles. The molecule has 0 saturated carbocycles. The van der Waals surface area contributed by atoms with E-state index in [1.54, 1.807) is 18.2 Å². The van der Waals surface area contributed by atoms with E-state index in [2.05, 4.69) is 15.9 Å². The Balaban J connectivity index is 1.92. The molecular formula is C21H17BrN2O4. The highest BCUT2D eigenvalue weighted by Gasteiger charge is 2.41. The Morgan fingerprint density at radius 1 is 1.04 bits per heavy atom. The third-order valence-electron chi connectivity index (χ3n) is 5.28. The van der Waals surface area contributed by atoms with Gasteiger partial charge in [0, 0.05) is 40.6 Å². The molecule has 0 bridgehead atoms. The van der Waals surface area contributed by atoms with Gasteiger partial charge < -0.3 is 0 Å². The number of rotatable bonds is 3. The van der Waals surface area contributed by atoms with Crippen molar-refractivity contribution in [3.63, 3.8) is 0 Å². The number of halogens is 1. The molecule has 1 unspecified atom stereocenters. The van der Waals surface area contributed by atoms with Crippen molar-refractivity contribution in [2.45, 2.75) is 31.6 Å². The van der Waals surface area contributed by atoms with Gasteiger partial charge >= 0.3 is 0 Å². The van der Waals surface area contributed by atoms with Crippen molar-refractivity contribution in [2.75, 3.05) is 4.90 Å². The maximum atomic E-state index is 13.2. The normalized spacial score (nSPS) is 19.6. The number of benzene rings is 2. The molecule has 1 atom stereocenters. The highest BCUT2D eigenvalue weighted by molar-refractivity contribution is 9.10. The number of nitro groups is 1. The second kappa shape index (κ2) is 7.31. The minimum absolute atomic E-state index is 0.0121. The largest absolute Gasteiger partial charge is 0.294 e. The summed E-state index contributed by atoms with van der Waals surface area (Å²) < 4.78 is 0.845. The van der Waals surface area contributed by atoms with Crippen molar-refractivity contribution in [3.05, 3.63) is 80.0 Å². The van der Waals surface area contributed by atoms with Crippen LogP contribution in [-0.4, -0.2) is 16.6 Å². The average Bonchev–Trinajstić information content (AvgIpc) is 2.68. The molecule has 0 radical (unpaired) electrons. The van der Waals surface area contributed by atoms with E-state index in [0.717, 1.165) is 10.0 Å². The van der Waals surface area contributed by atoms with Gasteiger partial charge in [-0.2, -0.15) is 0 Å². The summed E-state index contributed by atoms with van der Waals surface area (Å²) in [5, 5.41) is 11.5. The molecule has 1 amide bonds. The summed E-state index contributed by atoms with van der Waals surface area (Å²) in [5.74, 6) is -0.563. The van der Waals surface area contributed by atoms with Gasteiger partial charge in [0.25, 0.3) is 5.69 Å². The Kier molecular flexibility index (Phi) is 4.85. The predicted molar refractivity (Wildman–Crippen MR) is 108 cm³/mol. The molecule has 2 aliphatic rings. The van der Waals surface area contributed by atoms with Gasteiger partial charge in [0.2, 0.25) is 5.91 Å². The lowest BCUT2D eigenvalue weighted by Gasteiger charge is -2.38. The molecular weight excluding hydrogens is 424 g/mol. The Morgan fingerprint density at radius 2 is 1.75 bits per heavy atom. The second-order valence-corrected chi connectivity index (χ2v) is 7.74. The van der Waals surface area contributed by atoms with E-state index in [0.29, 0.717) is 30.5 Å². The van der Waals surface area contributed by atoms with Crippen molar-refractivity contribution >= 4 is 39.0 Å². The van der Waals surface area contributed by atoms with Gasteiger partial charge in [-0.25, -0.2) is 0 Å². The van der Waals surface area contributed by atoms with Crippen LogP contribution in [0.15, 0.2) is 64.3 Å². The van der Waals surface area contributed by atoms with Crippen LogP contribution in [0.4, 0.5) is 11.4 Å². The van der Waals surface area contributed by atoms with E-state index in [-0.39, 0.29) is 35.4 Å². The molecule has 4 rings (SSSR count). The summed E-state index contributed by atoms with van der Waals surface area (Å²) in [6.45, 7) is 0. The van der Waals surface area contributed by atoms with Crippen LogP contribution in [0.25, 0.3) is 0 Å². The maximum Gasteiger partial charge on any atom is 0.293 e. The van der Waals surface area contributed by atoms with Crippen molar-refractivity contribution in [3.8, 4) is 0 Å². The summed E-state index contributed by atoms with van der Waals surface area (Å²) >= 11 is 3.53. The third-order valence-corrected chi connectivity index (χ3v) is 6.00. The minimum Gasteiger partial charge on any atom is -0.294 e. The zero-order valence-electron chi connectivity index (χ0n) is 14.9. The van der Waals surface area contributed by atoms with E-state index in [1.807, 2.05) is 24.3 Å². The molecule has 1 heterocycles. The summed E-state index contributed by atoms with van der Waals surface area (Å²) in [5.41, 5.74) is 2.18. The van der Waals surface area contributed by atoms with Gasteiger partial charge in [0.05, 0.1) is 4.92 Å². The fourth-order valence-electron chi connectivity index (χ4n) is 4.10. The van der Waals surface area contributed by atoms with Gasteiger partial charge in [-0.1, -0.05) is 46.3 Å². The first-order valence-corrected chi connectivity index (χ1v) is 9.85. The first-order chi connectivity index (χ1) is 13.5. The summed E-state index contributed by atoms with van der Waals surface area (Å²) in [6.07, 6.45) is 1.70. The van der Waals surface area contributed by atoms with Crippen molar-refractivity contribution in [2.24, 2.45) is 0 Å². The number of para-hydroxylation sites is 2. The number of carbonyl (C=O) groups excluding carboxylic acids is 2. The minimum atomic E-state index is -0.493. The Labute approximate surface area is 170 Å². The number of nitrogens with zero attached hydrogens (tertiary/aromatic N) is 2. The number of hydrogen-bond donors (Lipinski definition) is 0. The monoisotopic (exact) mass is 440 g/mol. The lowest BCUT2D eigenvalue weighted by atomic mass is 9.77. The number of amides is 1. The molecule has 0 aromatic heterocycles. The lowest BCUT2D eigenvalue weighted by Crippen LogP contribution is -2.40. The van der Waals surface area contributed by atoms with Crippen LogP contribution in [0, 0.1) is 10.1 Å². The summed E-state index contributed by atoms with van der Waals surface area (Å²) in [4.78, 5) is 38.5. The van der Waals surface area contributed by atoms with Crippen LogP contribution >= 0.6 is 15.9 Å². The molecule has 0 spiro atoms. The molecule has 28 heavy (non-hydrogen) atoms. The first kappa shape index (κ1) is 18.6. The molecule has 1 aliphatic carbocycles. The quantitative estimate of drug-likeness (QED) is 0.502. The zero-order valence-corrected chi connectivity index (χ0v) is 16.5. The van der Waals surface area contributed by atoms with Gasteiger partial charge in [-0.3, -0.25) is 24.6 Å². The molecule has 0 N–H and O–H groups in total. The second-order valence-electron chi connectivity index (χ2n) is 6.89. The SMILES string of the molecule is O=C1CCCC2=C1C(c1ccccc1Br)CC(=O)N2c1ccccc1[N+](=O)[O-]. The van der Waals surface area contributed by atoms with Gasteiger partial charge in [-0.15, -0.1) is 0 Å². The first-order valence-electron chi connectivity index (χ1n) is 9.06. The molecule has 142 valence electrons. The molecule has 1 aliphatic heterocycles. The maximum absolute atomic E-state index is 13.2. The van der Waals surface area contributed by atoms with Crippen molar-refractivity contribution in [1.29, 1.82) is 0 Å². The number of Topliss-reactive ketones (excluding diaryl/α,β-unsaturated/α-hetero) is 1. The number of ketones is 1. The van der Waals surface area contributed by atoms with E-state index in [4.69, 9.17) is 0 Å². The molecule has 7 heteroatoms. The molecule has 2 aromatic rings. The number of carbonyl (C=O) groups is 2. The number of nitro benzene ring substituents is 1. The van der Waals surface area contributed by atoms with Gasteiger partial charge in [-0.05, 0) is 30.5 Å². The molecule has 2 aromatic carbocycles. The highest BCUT2D eigenvalue weighted by atomic mass is 79.9. The standard InChI is InChI=1S/C21H17BrN2O4/c22-15-7-2-1-6-13(15)14-12-20(26)23(18-10-5-11-19(25)21(14)18)16-8-3-4-9-17(16)24(27)28/h1-4,6-9,14H,5,10-12H2. The van der Waals surface area contributed by atoms with Crippen molar-refractivity contribution < 1.29 is 14.5 Å². The lowest BCUT2D eigenvalue weighted by molar-refractivity contribution is -0.384. The fourth-order valence-corrected chi connectivity index (χ4v) is 4.66. The van der Waals surface area contributed by atoms with E-state index in [1.165, 1.54) is 11.0 Å². The predicted octanol–water partition coefficient (Wildman–Crippen LogP) is 4.88. The van der Waals surface area contributed by atoms with Crippen LogP contribution < -0.4 is 4.90 Å². The third kappa shape index (κ3) is 3.05. The average molecular weight is 441 g/mol. The zero-order chi connectivity index (χ0) is 19.8. The van der Waals surface area contributed by atoms with Crippen LogP contribution in [0.2, 0.25) is 0 Å². The van der Waals surface area contributed by atoms with Crippen molar-refractivity contribution in [1.82, 2.24) is 0 Å². The smallest absolute Gasteiger partial charge is 0.293 e. The number of allylic oxidation sites excluding steroid dienone is 2. The van der Waals surface area contributed by atoms with Crippen LogP contribution in [0.3, 0.4) is 0 Å². The topological polar surface area (TPSA) is 80.5 Å². The Morgan fingerprint density at radius 3 is 2.50 bits per heavy atom. The summed E-state index contributed by atoms with van der Waals surface area (Å²) in [6, 6.07) is 13.8. The van der Waals surface area contributed by atoms with Crippen LogP contribution in [0.1, 0.15) is 37.2 Å². The van der Waals surface area contributed by atoms with Crippen LogP contribution in [0.5, 0.6) is 0 Å². The fraction of sp³-hybridized carbons (Fsp3) is 0.238. The number of anilines is 1. The molecule has 6 nitrogen and oxygen atoms in total. The molecule has 0 fully saturated rings. The number of hydrogen-bond acceptors (Lipinski definition) is 4. The summed E-state index contributed by atoms with van der Waals surface area (Å²) in [7, 11) is 0. The Hall–Kier alpha value is -2.80. The van der Waals surface area contributed by atoms with Gasteiger partial charge in [0.1, 0.15) is 5.69 Å².